The van der Waals surface area contributed by atoms with E-state index in [-0.39, 0.29) is 25.4 Å². The number of hydrogen-bond donors (Lipinski definition) is 1. The summed E-state index contributed by atoms with van der Waals surface area (Å²) in [5.41, 5.74) is 3.77. The predicted molar refractivity (Wildman–Crippen MR) is 194 cm³/mol. The van der Waals surface area contributed by atoms with Gasteiger partial charge in [-0.3, -0.25) is 9.59 Å². The largest absolute Gasteiger partial charge is 0.481 e. The number of carboxylic acids is 1. The quantitative estimate of drug-likeness (QED) is 0.0456. The van der Waals surface area contributed by atoms with Crippen molar-refractivity contribution in [2.45, 2.75) is 31.7 Å². The Morgan fingerprint density at radius 1 is 1.14 bits per heavy atom. The molecule has 49 heavy (non-hydrogen) atoms. The Morgan fingerprint density at radius 2 is 1.94 bits per heavy atom. The summed E-state index contributed by atoms with van der Waals surface area (Å²) in [5.74, 6) is -1.26. The third kappa shape index (κ3) is 6.91. The van der Waals surface area contributed by atoms with Gasteiger partial charge in [0.1, 0.15) is 17.1 Å². The number of hydrogen-bond acceptors (Lipinski definition) is 6. The second-order valence-electron chi connectivity index (χ2n) is 11.9. The minimum atomic E-state index is -0.927. The average Bonchev–Trinajstić information content (AvgIpc) is 3.57. The maximum atomic E-state index is 15.2. The zero-order chi connectivity index (χ0) is 34.5. The fourth-order valence-corrected chi connectivity index (χ4v) is 8.01. The van der Waals surface area contributed by atoms with Crippen LogP contribution in [0.5, 0.6) is 0 Å². The molecule has 0 radical (unpaired) electrons. The molecule has 2 heterocycles. The molecule has 1 N–H and O–H groups in total. The fraction of sp³-hybridized carbons (Fsp3) is 0.179. The van der Waals surface area contributed by atoms with E-state index in [2.05, 4.69) is 50.8 Å². The topological polar surface area (TPSA) is 94.5 Å². The van der Waals surface area contributed by atoms with Crippen molar-refractivity contribution in [3.05, 3.63) is 135 Å². The van der Waals surface area contributed by atoms with Crippen LogP contribution < -0.4 is 9.47 Å². The third-order valence-electron chi connectivity index (χ3n) is 8.82. The predicted octanol–water partition coefficient (Wildman–Crippen LogP) is 8.26. The summed E-state index contributed by atoms with van der Waals surface area (Å²) in [5, 5.41) is 22.9. The summed E-state index contributed by atoms with van der Waals surface area (Å²) >= 11 is 4.92. The Bertz CT molecular complexity index is 2220. The Kier molecular flexibility index (Phi) is 10.0. The number of carbonyl (C=O) groups excluding carboxylic acids is 1. The summed E-state index contributed by atoms with van der Waals surface area (Å²) < 4.78 is 24.1. The number of carbonyl (C=O) groups is 2. The first-order chi connectivity index (χ1) is 23.7. The van der Waals surface area contributed by atoms with Gasteiger partial charge in [-0.05, 0) is 78.4 Å². The van der Waals surface area contributed by atoms with E-state index in [0.29, 0.717) is 35.0 Å². The molecule has 0 spiro atoms. The number of thiazole rings is 1. The summed E-state index contributed by atoms with van der Waals surface area (Å²) in [7, 11) is 0. The summed E-state index contributed by atoms with van der Waals surface area (Å²) in [4.78, 5) is 24.6. The lowest BCUT2D eigenvalue weighted by molar-refractivity contribution is -0.669. The van der Waals surface area contributed by atoms with Gasteiger partial charge in [-0.15, -0.1) is 0 Å². The number of allylic oxidation sites excluding steroid dienone is 5. The highest BCUT2D eigenvalue weighted by atomic mass is 79.9. The van der Waals surface area contributed by atoms with Crippen LogP contribution in [0.15, 0.2) is 113 Å². The van der Waals surface area contributed by atoms with Crippen molar-refractivity contribution in [3.8, 4) is 6.07 Å². The number of anilines is 1. The first-order valence-electron chi connectivity index (χ1n) is 15.7. The Labute approximate surface area is 295 Å². The smallest absolute Gasteiger partial charge is 0.305 e. The van der Waals surface area contributed by atoms with Crippen molar-refractivity contribution in [2.75, 3.05) is 18.1 Å². The van der Waals surface area contributed by atoms with Crippen LogP contribution in [0.2, 0.25) is 0 Å². The van der Waals surface area contributed by atoms with Crippen LogP contribution in [0, 0.1) is 17.1 Å². The minimum Gasteiger partial charge on any atom is -0.481 e. The van der Waals surface area contributed by atoms with E-state index in [0.717, 1.165) is 42.9 Å². The van der Waals surface area contributed by atoms with E-state index in [9.17, 15) is 20.0 Å². The summed E-state index contributed by atoms with van der Waals surface area (Å²) in [6.45, 7) is 3.31. The summed E-state index contributed by atoms with van der Waals surface area (Å²) in [6.07, 6.45) is 7.43. The second-order valence-corrected chi connectivity index (χ2v) is 13.8. The van der Waals surface area contributed by atoms with Crippen LogP contribution in [0.1, 0.15) is 29.5 Å². The molecule has 1 unspecified atom stereocenters. The molecular weight excluding hydrogens is 705 g/mol. The van der Waals surface area contributed by atoms with Crippen molar-refractivity contribution >= 4 is 72.5 Å². The van der Waals surface area contributed by atoms with E-state index < -0.39 is 11.4 Å². The zero-order valence-corrected chi connectivity index (χ0v) is 29.0. The van der Waals surface area contributed by atoms with Crippen molar-refractivity contribution in [1.82, 2.24) is 0 Å². The van der Waals surface area contributed by atoms with Gasteiger partial charge in [0.2, 0.25) is 5.52 Å². The van der Waals surface area contributed by atoms with Gasteiger partial charge in [0.15, 0.2) is 6.54 Å². The first-order valence-corrected chi connectivity index (χ1v) is 17.3. The molecular formula is C39H32BrFN3O4S+. The van der Waals surface area contributed by atoms with Gasteiger partial charge < -0.3 is 14.7 Å². The number of aromatic nitrogens is 1. The normalized spacial score (nSPS) is 16.8. The van der Waals surface area contributed by atoms with Crippen LogP contribution in [-0.4, -0.2) is 30.7 Å². The number of ether oxygens (including phenoxy) is 1. The van der Waals surface area contributed by atoms with Crippen LogP contribution >= 0.6 is 27.3 Å². The number of halogens is 2. The lowest BCUT2D eigenvalue weighted by Gasteiger charge is -2.30. The highest BCUT2D eigenvalue weighted by Gasteiger charge is 2.43. The van der Waals surface area contributed by atoms with Gasteiger partial charge in [-0.1, -0.05) is 75.8 Å². The monoisotopic (exact) mass is 736 g/mol. The SMILES string of the molecule is CC1(Cc2ccc(Br)cc2F)C(=CC=C(C#N)C=Cc2sc3ccc4ccccc4c3[n+]2CCOC=O)N(CCC(=O)O)c2ccccc21. The number of para-hydroxylation sites is 1. The molecule has 5 aromatic rings. The Morgan fingerprint density at radius 3 is 2.71 bits per heavy atom. The minimum absolute atomic E-state index is 0.0996. The summed E-state index contributed by atoms with van der Waals surface area (Å²) in [6, 6.07) is 27.3. The molecule has 0 aliphatic carbocycles. The maximum Gasteiger partial charge on any atom is 0.305 e. The molecule has 1 aromatic heterocycles. The molecule has 10 heteroatoms. The maximum absolute atomic E-state index is 15.2. The lowest BCUT2D eigenvalue weighted by atomic mass is 9.76. The van der Waals surface area contributed by atoms with Gasteiger partial charge >= 0.3 is 5.97 Å². The number of nitriles is 1. The molecule has 1 aliphatic heterocycles. The molecule has 246 valence electrons. The van der Waals surface area contributed by atoms with E-state index >= 15 is 4.39 Å². The molecule has 7 nitrogen and oxygen atoms in total. The number of nitrogens with zero attached hydrogens (tertiary/aromatic N) is 3. The molecule has 0 amide bonds. The van der Waals surface area contributed by atoms with Crippen molar-refractivity contribution < 1.29 is 28.4 Å². The van der Waals surface area contributed by atoms with Gasteiger partial charge in [0.25, 0.3) is 11.5 Å². The number of fused-ring (bicyclic) bond motifs is 4. The number of aliphatic carboxylic acids is 1. The van der Waals surface area contributed by atoms with E-state index in [4.69, 9.17) is 4.74 Å². The molecule has 1 aliphatic rings. The van der Waals surface area contributed by atoms with Crippen molar-refractivity contribution in [3.63, 3.8) is 0 Å². The van der Waals surface area contributed by atoms with Crippen LogP contribution in [-0.2, 0) is 32.7 Å². The number of carboxylic acid groups (broad SMARTS) is 1. The van der Waals surface area contributed by atoms with Crippen LogP contribution in [0.25, 0.3) is 27.1 Å². The number of benzene rings is 4. The van der Waals surface area contributed by atoms with E-state index in [1.54, 1.807) is 35.6 Å². The van der Waals surface area contributed by atoms with Crippen molar-refractivity contribution in [1.29, 1.82) is 5.26 Å². The number of rotatable bonds is 12. The molecule has 6 rings (SSSR count). The Hall–Kier alpha value is -5.11. The highest BCUT2D eigenvalue weighted by molar-refractivity contribution is 9.10. The molecule has 4 aromatic carbocycles. The van der Waals surface area contributed by atoms with Gasteiger partial charge in [-0.2, -0.15) is 9.83 Å². The molecule has 0 saturated carbocycles. The zero-order valence-electron chi connectivity index (χ0n) is 26.6. The third-order valence-corrected chi connectivity index (χ3v) is 10.4. The lowest BCUT2D eigenvalue weighted by Crippen LogP contribution is -2.37. The van der Waals surface area contributed by atoms with Crippen LogP contribution in [0.3, 0.4) is 0 Å². The molecule has 1 atom stereocenters. The van der Waals surface area contributed by atoms with E-state index in [1.807, 2.05) is 60.4 Å². The van der Waals surface area contributed by atoms with Crippen molar-refractivity contribution in [2.24, 2.45) is 0 Å². The standard InChI is InChI=1S/C39H31BrFN3O4S/c1-39(23-28-12-14-29(40)22-32(28)41)31-8-4-5-9-33(31)43(19-18-37(46)47)35(39)16-10-26(24-42)11-17-36-44(20-21-48-25-45)38-30-7-3-2-6-27(30)13-15-34(38)49-36/h2-17,22,25H,18-21,23H2,1H3/p+1. The van der Waals surface area contributed by atoms with Gasteiger partial charge in [-0.25, -0.2) is 4.39 Å². The molecule has 0 fully saturated rings. The van der Waals surface area contributed by atoms with E-state index in [1.165, 1.54) is 6.07 Å². The first kappa shape index (κ1) is 33.8. The highest BCUT2D eigenvalue weighted by Crippen LogP contribution is 2.50. The fourth-order valence-electron chi connectivity index (χ4n) is 6.57. The van der Waals surface area contributed by atoms with Gasteiger partial charge in [0.05, 0.1) is 23.4 Å². The van der Waals surface area contributed by atoms with Crippen LogP contribution in [0.4, 0.5) is 10.1 Å². The molecule has 0 bridgehead atoms. The average molecular weight is 738 g/mol. The molecule has 0 saturated heterocycles. The Balaban J connectivity index is 1.43. The second kappa shape index (κ2) is 14.6. The van der Waals surface area contributed by atoms with Gasteiger partial charge in [0, 0.05) is 33.9 Å².